The molecular formula is C17H15F2N3O2. The zero-order valence-electron chi connectivity index (χ0n) is 13.1. The van der Waals surface area contributed by atoms with Crippen LogP contribution in [0.25, 0.3) is 11.0 Å². The van der Waals surface area contributed by atoms with Gasteiger partial charge in [-0.25, -0.2) is 13.8 Å². The maximum atomic E-state index is 13.9. The molecule has 2 N–H and O–H groups in total. The maximum absolute atomic E-state index is 13.9. The average molecular weight is 331 g/mol. The van der Waals surface area contributed by atoms with Crippen molar-refractivity contribution in [1.82, 2.24) is 15.3 Å². The minimum absolute atomic E-state index is 0.0222. The number of hydrogen-bond donors (Lipinski definition) is 2. The summed E-state index contributed by atoms with van der Waals surface area (Å²) in [6, 6.07) is 7.60. The number of ether oxygens (including phenoxy) is 1. The Morgan fingerprint density at radius 2 is 2.08 bits per heavy atom. The number of hydrogen-bond acceptors (Lipinski definition) is 3. The highest BCUT2D eigenvalue weighted by atomic mass is 19.2. The quantitative estimate of drug-likeness (QED) is 0.772. The first-order chi connectivity index (χ1) is 11.5. The van der Waals surface area contributed by atoms with E-state index in [1.54, 1.807) is 0 Å². The number of nitrogens with one attached hydrogen (secondary N) is 2. The summed E-state index contributed by atoms with van der Waals surface area (Å²) in [6.07, 6.45) is 0. The van der Waals surface area contributed by atoms with Crippen LogP contribution in [0.5, 0.6) is 5.75 Å². The van der Waals surface area contributed by atoms with Gasteiger partial charge < -0.3 is 15.0 Å². The van der Waals surface area contributed by atoms with Crippen molar-refractivity contribution in [2.75, 3.05) is 7.11 Å². The number of aryl methyl sites for hydroxylation is 1. The summed E-state index contributed by atoms with van der Waals surface area (Å²) in [5.74, 6) is -2.31. The fraction of sp³-hybridized carbons (Fsp3) is 0.176. The van der Waals surface area contributed by atoms with Gasteiger partial charge in [0.1, 0.15) is 17.1 Å². The number of aromatic amines is 1. The Morgan fingerprint density at radius 3 is 2.83 bits per heavy atom. The van der Waals surface area contributed by atoms with Crippen molar-refractivity contribution in [2.24, 2.45) is 0 Å². The van der Waals surface area contributed by atoms with Gasteiger partial charge in [0, 0.05) is 6.54 Å². The highest BCUT2D eigenvalue weighted by molar-refractivity contribution is 5.97. The first kappa shape index (κ1) is 15.9. The van der Waals surface area contributed by atoms with E-state index in [1.807, 2.05) is 25.1 Å². The molecule has 0 unspecified atom stereocenters. The van der Waals surface area contributed by atoms with Crippen molar-refractivity contribution < 1.29 is 18.3 Å². The topological polar surface area (TPSA) is 67.0 Å². The van der Waals surface area contributed by atoms with Crippen LogP contribution in [0.4, 0.5) is 8.78 Å². The lowest BCUT2D eigenvalue weighted by atomic mass is 10.1. The SMILES string of the molecule is COc1ccc(F)c(F)c1C(=O)NCc1ccc2nc(C)[nH]c2c1. The molecule has 1 heterocycles. The van der Waals surface area contributed by atoms with Gasteiger partial charge in [-0.2, -0.15) is 0 Å². The molecular weight excluding hydrogens is 316 g/mol. The molecule has 1 amide bonds. The van der Waals surface area contributed by atoms with Gasteiger partial charge in [-0.15, -0.1) is 0 Å². The lowest BCUT2D eigenvalue weighted by Crippen LogP contribution is -2.25. The number of fused-ring (bicyclic) bond motifs is 1. The minimum atomic E-state index is -1.23. The number of imidazole rings is 1. The second kappa shape index (κ2) is 6.27. The summed E-state index contributed by atoms with van der Waals surface area (Å²) in [5, 5.41) is 2.57. The molecule has 0 atom stereocenters. The van der Waals surface area contributed by atoms with E-state index in [-0.39, 0.29) is 12.3 Å². The molecule has 24 heavy (non-hydrogen) atoms. The minimum Gasteiger partial charge on any atom is -0.496 e. The average Bonchev–Trinajstić information content (AvgIpc) is 2.94. The number of rotatable bonds is 4. The Balaban J connectivity index is 1.81. The third-order valence-electron chi connectivity index (χ3n) is 3.62. The Morgan fingerprint density at radius 1 is 1.29 bits per heavy atom. The fourth-order valence-corrected chi connectivity index (χ4v) is 2.48. The second-order valence-electron chi connectivity index (χ2n) is 5.30. The van der Waals surface area contributed by atoms with Crippen LogP contribution in [-0.4, -0.2) is 23.0 Å². The number of benzene rings is 2. The largest absolute Gasteiger partial charge is 0.496 e. The van der Waals surface area contributed by atoms with E-state index in [0.717, 1.165) is 28.5 Å². The van der Waals surface area contributed by atoms with Gasteiger partial charge in [0.15, 0.2) is 11.6 Å². The number of H-pyrrole nitrogens is 1. The molecule has 7 heteroatoms. The molecule has 2 aromatic carbocycles. The van der Waals surface area contributed by atoms with E-state index < -0.39 is 23.1 Å². The molecule has 5 nitrogen and oxygen atoms in total. The van der Waals surface area contributed by atoms with Crippen LogP contribution in [0.2, 0.25) is 0 Å². The summed E-state index contributed by atoms with van der Waals surface area (Å²) in [7, 11) is 1.29. The Labute approximate surface area is 136 Å². The van der Waals surface area contributed by atoms with Crippen LogP contribution in [0.1, 0.15) is 21.7 Å². The van der Waals surface area contributed by atoms with Crippen molar-refractivity contribution in [3.8, 4) is 5.75 Å². The second-order valence-corrected chi connectivity index (χ2v) is 5.30. The van der Waals surface area contributed by atoms with Gasteiger partial charge in [-0.05, 0) is 36.8 Å². The molecule has 0 bridgehead atoms. The number of halogens is 2. The standard InChI is InChI=1S/C17H15F2N3O2/c1-9-21-12-5-3-10(7-13(12)22-9)8-20-17(23)15-14(24-2)6-4-11(18)16(15)19/h3-7H,8H2,1-2H3,(H,20,23)(H,21,22). The molecule has 3 aromatic rings. The number of nitrogens with zero attached hydrogens (tertiary/aromatic N) is 1. The van der Waals surface area contributed by atoms with Crippen LogP contribution in [0.3, 0.4) is 0 Å². The van der Waals surface area contributed by atoms with Gasteiger partial charge in [0.05, 0.1) is 18.1 Å². The Bertz CT molecular complexity index is 922. The number of carbonyl (C=O) groups is 1. The summed E-state index contributed by atoms with van der Waals surface area (Å²) in [5.41, 5.74) is 2.01. The van der Waals surface area contributed by atoms with Crippen molar-refractivity contribution in [3.05, 3.63) is 58.9 Å². The van der Waals surface area contributed by atoms with Gasteiger partial charge in [-0.3, -0.25) is 4.79 Å². The molecule has 124 valence electrons. The molecule has 0 saturated carbocycles. The van der Waals surface area contributed by atoms with E-state index in [9.17, 15) is 13.6 Å². The lowest BCUT2D eigenvalue weighted by molar-refractivity contribution is 0.0942. The molecule has 0 fully saturated rings. The van der Waals surface area contributed by atoms with Crippen molar-refractivity contribution in [2.45, 2.75) is 13.5 Å². The first-order valence-corrected chi connectivity index (χ1v) is 7.25. The van der Waals surface area contributed by atoms with Gasteiger partial charge in [0.2, 0.25) is 0 Å². The number of amides is 1. The van der Waals surface area contributed by atoms with Crippen LogP contribution >= 0.6 is 0 Å². The number of methoxy groups -OCH3 is 1. The zero-order valence-corrected chi connectivity index (χ0v) is 13.1. The van der Waals surface area contributed by atoms with E-state index in [2.05, 4.69) is 15.3 Å². The summed E-state index contributed by atoms with van der Waals surface area (Å²) < 4.78 is 32.2. The van der Waals surface area contributed by atoms with Crippen molar-refractivity contribution in [3.63, 3.8) is 0 Å². The molecule has 0 aliphatic rings. The predicted molar refractivity (Wildman–Crippen MR) is 84.9 cm³/mol. The Hall–Kier alpha value is -2.96. The normalized spacial score (nSPS) is 10.8. The molecule has 0 radical (unpaired) electrons. The highest BCUT2D eigenvalue weighted by Crippen LogP contribution is 2.23. The third kappa shape index (κ3) is 2.92. The van der Waals surface area contributed by atoms with Gasteiger partial charge in [0.25, 0.3) is 5.91 Å². The van der Waals surface area contributed by atoms with Crippen molar-refractivity contribution in [1.29, 1.82) is 0 Å². The van der Waals surface area contributed by atoms with E-state index in [4.69, 9.17) is 4.74 Å². The zero-order chi connectivity index (χ0) is 17.3. The van der Waals surface area contributed by atoms with E-state index >= 15 is 0 Å². The van der Waals surface area contributed by atoms with Gasteiger partial charge >= 0.3 is 0 Å². The maximum Gasteiger partial charge on any atom is 0.258 e. The summed E-state index contributed by atoms with van der Waals surface area (Å²) >= 11 is 0. The predicted octanol–water partition coefficient (Wildman–Crippen LogP) is 3.09. The number of carbonyl (C=O) groups excluding carboxylic acids is 1. The third-order valence-corrected chi connectivity index (χ3v) is 3.62. The van der Waals surface area contributed by atoms with Crippen LogP contribution in [0, 0.1) is 18.6 Å². The number of aromatic nitrogens is 2. The molecule has 3 rings (SSSR count). The van der Waals surface area contributed by atoms with E-state index in [0.29, 0.717) is 0 Å². The van der Waals surface area contributed by atoms with Crippen LogP contribution < -0.4 is 10.1 Å². The molecule has 1 aromatic heterocycles. The van der Waals surface area contributed by atoms with Gasteiger partial charge in [-0.1, -0.05) is 6.07 Å². The molecule has 0 saturated heterocycles. The lowest BCUT2D eigenvalue weighted by Gasteiger charge is -2.11. The first-order valence-electron chi connectivity index (χ1n) is 7.25. The molecule has 0 spiro atoms. The Kier molecular flexibility index (Phi) is 4.16. The van der Waals surface area contributed by atoms with Crippen LogP contribution in [-0.2, 0) is 6.54 Å². The van der Waals surface area contributed by atoms with Crippen LogP contribution in [0.15, 0.2) is 30.3 Å². The monoisotopic (exact) mass is 331 g/mol. The van der Waals surface area contributed by atoms with E-state index in [1.165, 1.54) is 13.2 Å². The summed E-state index contributed by atoms with van der Waals surface area (Å²) in [4.78, 5) is 19.6. The smallest absolute Gasteiger partial charge is 0.258 e. The molecule has 0 aliphatic carbocycles. The molecule has 0 aliphatic heterocycles. The van der Waals surface area contributed by atoms with Crippen molar-refractivity contribution >= 4 is 16.9 Å². The summed E-state index contributed by atoms with van der Waals surface area (Å²) in [6.45, 7) is 2.01. The highest BCUT2D eigenvalue weighted by Gasteiger charge is 2.21. The fourth-order valence-electron chi connectivity index (χ4n) is 2.48.